The summed E-state index contributed by atoms with van der Waals surface area (Å²) in [7, 11) is 0. The average molecular weight is 513 g/mol. The Balaban J connectivity index is 1.43. The minimum Gasteiger partial charge on any atom is -0.480 e. The van der Waals surface area contributed by atoms with Crippen LogP contribution in [-0.4, -0.2) is 44.1 Å². The average Bonchev–Trinajstić information content (AvgIpc) is 3.52. The van der Waals surface area contributed by atoms with Crippen LogP contribution in [0.15, 0.2) is 34.1 Å². The molecular formula is C26H28N2O5S2. The summed E-state index contributed by atoms with van der Waals surface area (Å²) in [5, 5.41) is 10.9. The Hall–Kier alpha value is -2.39. The molecule has 3 fully saturated rings. The van der Waals surface area contributed by atoms with Gasteiger partial charge in [0.25, 0.3) is 0 Å². The fourth-order valence-corrected chi connectivity index (χ4v) is 10.3. The lowest BCUT2D eigenvalue weighted by molar-refractivity contribution is -0.156. The number of nitrogens with one attached hydrogen (secondary N) is 1. The number of fused-ring (bicyclic) bond motifs is 9. The Labute approximate surface area is 211 Å². The van der Waals surface area contributed by atoms with E-state index in [1.54, 1.807) is 11.8 Å². The number of nitrogens with zero attached hydrogens (tertiary/aromatic N) is 1. The summed E-state index contributed by atoms with van der Waals surface area (Å²) in [5.74, 6) is -2.51. The largest absolute Gasteiger partial charge is 0.480 e. The lowest BCUT2D eigenvalue weighted by Gasteiger charge is -2.43. The summed E-state index contributed by atoms with van der Waals surface area (Å²) in [5.41, 5.74) is 2.31. The Morgan fingerprint density at radius 2 is 1.83 bits per heavy atom. The lowest BCUT2D eigenvalue weighted by Crippen LogP contribution is -2.47. The van der Waals surface area contributed by atoms with Gasteiger partial charge in [-0.1, -0.05) is 49.4 Å². The van der Waals surface area contributed by atoms with E-state index in [0.29, 0.717) is 0 Å². The van der Waals surface area contributed by atoms with Crippen LogP contribution in [0.25, 0.3) is 0 Å². The van der Waals surface area contributed by atoms with E-state index in [-0.39, 0.29) is 57.9 Å². The number of carbonyl (C=O) groups is 3. The molecule has 35 heavy (non-hydrogen) atoms. The molecule has 2 aromatic rings. The third-order valence-corrected chi connectivity index (χ3v) is 11.2. The van der Waals surface area contributed by atoms with Gasteiger partial charge in [-0.2, -0.15) is 0 Å². The van der Waals surface area contributed by atoms with Crippen molar-refractivity contribution >= 4 is 40.9 Å². The molecule has 2 aliphatic carbocycles. The number of amides is 2. The molecule has 6 rings (SSSR count). The number of aryl methyl sites for hydroxylation is 1. The molecule has 0 radical (unpaired) electrons. The summed E-state index contributed by atoms with van der Waals surface area (Å²) >= 11 is 2.90. The van der Waals surface area contributed by atoms with Gasteiger partial charge < -0.3 is 10.1 Å². The van der Waals surface area contributed by atoms with Crippen molar-refractivity contribution in [1.29, 1.82) is 0 Å². The van der Waals surface area contributed by atoms with Gasteiger partial charge in [0.05, 0.1) is 16.9 Å². The number of aromatic amines is 1. The Kier molecular flexibility index (Phi) is 5.31. The molecule has 3 heterocycles. The minimum atomic E-state index is -1.11. The van der Waals surface area contributed by atoms with Crippen LogP contribution in [0.1, 0.15) is 48.6 Å². The zero-order valence-corrected chi connectivity index (χ0v) is 21.4. The third-order valence-electron chi connectivity index (χ3n) is 8.57. The number of hydrogen-bond acceptors (Lipinski definition) is 6. The van der Waals surface area contributed by atoms with Crippen molar-refractivity contribution in [1.82, 2.24) is 9.88 Å². The van der Waals surface area contributed by atoms with Crippen molar-refractivity contribution in [2.24, 2.45) is 35.5 Å². The topological polar surface area (TPSA) is 108 Å². The Morgan fingerprint density at radius 3 is 2.49 bits per heavy atom. The van der Waals surface area contributed by atoms with Crippen molar-refractivity contribution in [2.75, 3.05) is 0 Å². The van der Waals surface area contributed by atoms with Crippen LogP contribution in [0.5, 0.6) is 0 Å². The van der Waals surface area contributed by atoms with Crippen LogP contribution in [-0.2, 0) is 14.4 Å². The monoisotopic (exact) mass is 512 g/mol. The maximum atomic E-state index is 13.7. The van der Waals surface area contributed by atoms with Crippen molar-refractivity contribution < 1.29 is 19.5 Å². The molecular weight excluding hydrogens is 484 g/mol. The number of rotatable bonds is 5. The van der Waals surface area contributed by atoms with Gasteiger partial charge in [0.1, 0.15) is 6.04 Å². The molecule has 2 bridgehead atoms. The Bertz CT molecular complexity index is 1300. The van der Waals surface area contributed by atoms with E-state index in [0.717, 1.165) is 26.8 Å². The molecule has 1 saturated heterocycles. The van der Waals surface area contributed by atoms with Gasteiger partial charge in [-0.3, -0.25) is 19.3 Å². The van der Waals surface area contributed by atoms with E-state index in [1.807, 2.05) is 26.0 Å². The first-order chi connectivity index (χ1) is 16.7. The van der Waals surface area contributed by atoms with E-state index in [2.05, 4.69) is 24.0 Å². The number of thioether (sulfide) groups is 1. The number of thiazole rings is 1. The number of benzene rings is 1. The fourth-order valence-electron chi connectivity index (χ4n) is 7.39. The number of aromatic nitrogens is 1. The Morgan fingerprint density at radius 1 is 1.14 bits per heavy atom. The number of carboxylic acids is 1. The van der Waals surface area contributed by atoms with Gasteiger partial charge in [-0.25, -0.2) is 4.79 Å². The number of carbonyl (C=O) groups excluding carboxylic acids is 2. The van der Waals surface area contributed by atoms with Crippen LogP contribution in [0, 0.1) is 42.4 Å². The summed E-state index contributed by atoms with van der Waals surface area (Å²) in [6, 6.07) is 7.09. The second-order valence-electron chi connectivity index (χ2n) is 10.8. The van der Waals surface area contributed by atoms with Gasteiger partial charge >= 0.3 is 10.8 Å². The molecule has 2 saturated carbocycles. The van der Waals surface area contributed by atoms with Crippen molar-refractivity contribution in [3.05, 3.63) is 49.9 Å². The van der Waals surface area contributed by atoms with E-state index >= 15 is 0 Å². The molecule has 2 aliphatic heterocycles. The maximum absolute atomic E-state index is 13.7. The van der Waals surface area contributed by atoms with Gasteiger partial charge in [-0.05, 0) is 54.6 Å². The number of carboxylic acid groups (broad SMARTS) is 1. The van der Waals surface area contributed by atoms with Gasteiger partial charge in [-0.15, -0.1) is 11.8 Å². The smallest absolute Gasteiger partial charge is 0.326 e. The summed E-state index contributed by atoms with van der Waals surface area (Å²) < 4.78 is 0. The zero-order chi connectivity index (χ0) is 24.8. The molecule has 9 heteroatoms. The summed E-state index contributed by atoms with van der Waals surface area (Å²) in [6.45, 7) is 5.89. The van der Waals surface area contributed by atoms with Crippen LogP contribution in [0.3, 0.4) is 0 Å². The molecule has 1 aromatic carbocycles. The van der Waals surface area contributed by atoms with Crippen LogP contribution < -0.4 is 4.87 Å². The number of aliphatic carboxylic acids is 1. The predicted molar refractivity (Wildman–Crippen MR) is 132 cm³/mol. The maximum Gasteiger partial charge on any atom is 0.326 e. The number of H-pyrrole nitrogens is 1. The highest BCUT2D eigenvalue weighted by Gasteiger charge is 2.70. The van der Waals surface area contributed by atoms with Gasteiger partial charge in [0.15, 0.2) is 0 Å². The third kappa shape index (κ3) is 3.23. The van der Waals surface area contributed by atoms with Crippen LogP contribution in [0.2, 0.25) is 0 Å². The van der Waals surface area contributed by atoms with Gasteiger partial charge in [0, 0.05) is 16.0 Å². The zero-order valence-electron chi connectivity index (χ0n) is 19.8. The standard InChI is InChI=1S/C26H28N2O5S2/c1-10(2)8-15(25(31)32)28-23(29)18-13-9-14(19(18)24(28)30)20-17(13)16(12-7-5-4-6-11(12)3)21-22(34-20)27-26(33)35-21/h4-7,10,13-20H,8-9H2,1-3H3,(H,27,33)(H,31,32)/t13?,14?,15?,16-,17?,18?,19?,20?/m1/s1. The summed E-state index contributed by atoms with van der Waals surface area (Å²) in [4.78, 5) is 56.9. The highest BCUT2D eigenvalue weighted by molar-refractivity contribution is 8.00. The lowest BCUT2D eigenvalue weighted by atomic mass is 9.67. The molecule has 8 atom stereocenters. The number of imide groups is 1. The number of likely N-dealkylation sites (tertiary alicyclic amines) is 1. The van der Waals surface area contributed by atoms with Crippen LogP contribution >= 0.6 is 23.1 Å². The second kappa shape index (κ2) is 8.06. The van der Waals surface area contributed by atoms with E-state index in [1.165, 1.54) is 16.9 Å². The molecule has 2 N–H and O–H groups in total. The van der Waals surface area contributed by atoms with E-state index in [4.69, 9.17) is 0 Å². The van der Waals surface area contributed by atoms with Crippen molar-refractivity contribution in [2.45, 2.75) is 55.8 Å². The molecule has 7 unspecified atom stereocenters. The van der Waals surface area contributed by atoms with E-state index < -0.39 is 23.8 Å². The predicted octanol–water partition coefficient (Wildman–Crippen LogP) is 3.72. The summed E-state index contributed by atoms with van der Waals surface area (Å²) in [6.07, 6.45) is 1.06. The minimum absolute atomic E-state index is 0.00184. The normalized spacial score (nSPS) is 33.7. The van der Waals surface area contributed by atoms with Crippen molar-refractivity contribution in [3.8, 4) is 0 Å². The first-order valence-corrected chi connectivity index (χ1v) is 13.9. The fraction of sp³-hybridized carbons (Fsp3) is 0.538. The molecule has 0 spiro atoms. The molecule has 2 amide bonds. The molecule has 184 valence electrons. The highest BCUT2D eigenvalue weighted by atomic mass is 32.2. The molecule has 7 nitrogen and oxygen atoms in total. The quantitative estimate of drug-likeness (QED) is 0.592. The van der Waals surface area contributed by atoms with Crippen molar-refractivity contribution in [3.63, 3.8) is 0 Å². The molecule has 4 aliphatic rings. The molecule has 1 aromatic heterocycles. The first kappa shape index (κ1) is 23.0. The van der Waals surface area contributed by atoms with Crippen LogP contribution in [0.4, 0.5) is 0 Å². The number of hydrogen-bond donors (Lipinski definition) is 2. The highest BCUT2D eigenvalue weighted by Crippen LogP contribution is 2.68. The SMILES string of the molecule is Cc1ccccc1[C@H]1c2sc(=O)[nH]c2SC2C3CC(C4C(=O)N(C(CC(C)C)C(=O)O)C(=O)C34)C21. The van der Waals surface area contributed by atoms with Gasteiger partial charge in [0.2, 0.25) is 11.8 Å². The first-order valence-electron chi connectivity index (χ1n) is 12.2. The second-order valence-corrected chi connectivity index (χ2v) is 13.1. The van der Waals surface area contributed by atoms with E-state index in [9.17, 15) is 24.3 Å².